The van der Waals surface area contributed by atoms with Gasteiger partial charge in [-0.3, -0.25) is 0 Å². The standard InChI is InChI=1S/C10H15NO3/c1-10(2,3)11-6-7-4-5-14-8(7)9(12)13/h4-5,11H,6H2,1-3H3,(H,12,13). The molecule has 1 aromatic rings. The molecule has 0 bridgehead atoms. The van der Waals surface area contributed by atoms with E-state index in [1.807, 2.05) is 20.8 Å². The van der Waals surface area contributed by atoms with E-state index in [1.165, 1.54) is 6.26 Å². The molecule has 0 atom stereocenters. The van der Waals surface area contributed by atoms with Crippen molar-refractivity contribution in [2.45, 2.75) is 32.9 Å². The minimum absolute atomic E-state index is 0.0155. The molecule has 0 saturated heterocycles. The fourth-order valence-electron chi connectivity index (χ4n) is 1.02. The highest BCUT2D eigenvalue weighted by Crippen LogP contribution is 2.11. The minimum Gasteiger partial charge on any atom is -0.475 e. The maximum atomic E-state index is 10.7. The van der Waals surface area contributed by atoms with E-state index in [1.54, 1.807) is 6.07 Å². The first-order valence-electron chi connectivity index (χ1n) is 4.45. The number of aromatic carboxylic acids is 1. The second-order valence-corrected chi connectivity index (χ2v) is 4.18. The lowest BCUT2D eigenvalue weighted by Crippen LogP contribution is -2.35. The molecule has 14 heavy (non-hydrogen) atoms. The molecule has 0 aromatic carbocycles. The predicted octanol–water partition coefficient (Wildman–Crippen LogP) is 1.87. The third-order valence-electron chi connectivity index (χ3n) is 1.75. The van der Waals surface area contributed by atoms with Crippen molar-refractivity contribution in [3.63, 3.8) is 0 Å². The van der Waals surface area contributed by atoms with Crippen molar-refractivity contribution in [2.75, 3.05) is 0 Å². The molecule has 0 aliphatic heterocycles. The zero-order valence-corrected chi connectivity index (χ0v) is 8.63. The van der Waals surface area contributed by atoms with E-state index in [9.17, 15) is 4.79 Å². The lowest BCUT2D eigenvalue weighted by Gasteiger charge is -2.19. The fraction of sp³-hybridized carbons (Fsp3) is 0.500. The van der Waals surface area contributed by atoms with Gasteiger partial charge < -0.3 is 14.8 Å². The van der Waals surface area contributed by atoms with E-state index in [2.05, 4.69) is 5.32 Å². The lowest BCUT2D eigenvalue weighted by molar-refractivity contribution is 0.0660. The molecule has 0 aliphatic carbocycles. The Balaban J connectivity index is 2.68. The van der Waals surface area contributed by atoms with Crippen LogP contribution in [0.25, 0.3) is 0 Å². The van der Waals surface area contributed by atoms with Gasteiger partial charge in [0.25, 0.3) is 0 Å². The molecule has 78 valence electrons. The predicted molar refractivity (Wildman–Crippen MR) is 52.3 cm³/mol. The quantitative estimate of drug-likeness (QED) is 0.776. The van der Waals surface area contributed by atoms with E-state index in [0.717, 1.165) is 0 Å². The Morgan fingerprint density at radius 2 is 2.21 bits per heavy atom. The Bertz CT molecular complexity index is 322. The summed E-state index contributed by atoms with van der Waals surface area (Å²) in [6.45, 7) is 6.57. The van der Waals surface area contributed by atoms with Crippen LogP contribution in [0, 0.1) is 0 Å². The number of rotatable bonds is 3. The highest BCUT2D eigenvalue weighted by Gasteiger charge is 2.16. The molecule has 4 heteroatoms. The number of furan rings is 1. The molecule has 0 aliphatic rings. The molecule has 0 saturated carbocycles. The summed E-state index contributed by atoms with van der Waals surface area (Å²) in [6, 6.07) is 1.67. The lowest BCUT2D eigenvalue weighted by atomic mass is 10.1. The number of hydrogen-bond donors (Lipinski definition) is 2. The van der Waals surface area contributed by atoms with Gasteiger partial charge in [0.15, 0.2) is 0 Å². The van der Waals surface area contributed by atoms with Gasteiger partial charge in [0.05, 0.1) is 6.26 Å². The number of carboxylic acids is 1. The Morgan fingerprint density at radius 3 is 2.71 bits per heavy atom. The molecule has 0 fully saturated rings. The van der Waals surface area contributed by atoms with Gasteiger partial charge in [-0.05, 0) is 26.8 Å². The molecule has 1 heterocycles. The van der Waals surface area contributed by atoms with Crippen LogP contribution < -0.4 is 5.32 Å². The number of hydrogen-bond acceptors (Lipinski definition) is 3. The van der Waals surface area contributed by atoms with Gasteiger partial charge in [-0.25, -0.2) is 4.79 Å². The van der Waals surface area contributed by atoms with Crippen LogP contribution in [0.4, 0.5) is 0 Å². The Labute approximate surface area is 82.9 Å². The third kappa shape index (κ3) is 2.88. The van der Waals surface area contributed by atoms with Crippen molar-refractivity contribution in [1.82, 2.24) is 5.32 Å². The summed E-state index contributed by atoms with van der Waals surface area (Å²) >= 11 is 0. The van der Waals surface area contributed by atoms with Crippen LogP contribution in [-0.2, 0) is 6.54 Å². The highest BCUT2D eigenvalue weighted by molar-refractivity contribution is 5.86. The molecule has 4 nitrogen and oxygen atoms in total. The Kier molecular flexibility index (Phi) is 2.96. The summed E-state index contributed by atoms with van der Waals surface area (Å²) in [4.78, 5) is 10.7. The van der Waals surface area contributed by atoms with Crippen LogP contribution in [-0.4, -0.2) is 16.6 Å². The summed E-state index contributed by atoms with van der Waals surface area (Å²) in [5.41, 5.74) is 0.639. The second-order valence-electron chi connectivity index (χ2n) is 4.18. The first-order chi connectivity index (χ1) is 6.40. The van der Waals surface area contributed by atoms with Crippen molar-refractivity contribution in [2.24, 2.45) is 0 Å². The highest BCUT2D eigenvalue weighted by atomic mass is 16.4. The summed E-state index contributed by atoms with van der Waals surface area (Å²) in [7, 11) is 0. The van der Waals surface area contributed by atoms with Gasteiger partial charge >= 0.3 is 5.97 Å². The molecule has 1 rings (SSSR count). The van der Waals surface area contributed by atoms with Crippen molar-refractivity contribution >= 4 is 5.97 Å². The van der Waals surface area contributed by atoms with Crippen molar-refractivity contribution in [1.29, 1.82) is 0 Å². The van der Waals surface area contributed by atoms with E-state index >= 15 is 0 Å². The molecule has 0 spiro atoms. The maximum Gasteiger partial charge on any atom is 0.372 e. The molecule has 2 N–H and O–H groups in total. The topological polar surface area (TPSA) is 62.5 Å². The van der Waals surface area contributed by atoms with Crippen LogP contribution in [0.3, 0.4) is 0 Å². The average Bonchev–Trinajstić information content (AvgIpc) is 2.46. The Morgan fingerprint density at radius 1 is 1.57 bits per heavy atom. The van der Waals surface area contributed by atoms with Crippen LogP contribution >= 0.6 is 0 Å². The van der Waals surface area contributed by atoms with Crippen LogP contribution in [0.5, 0.6) is 0 Å². The number of nitrogens with one attached hydrogen (secondary N) is 1. The van der Waals surface area contributed by atoms with E-state index < -0.39 is 5.97 Å². The fourth-order valence-corrected chi connectivity index (χ4v) is 1.02. The molecular weight excluding hydrogens is 182 g/mol. The van der Waals surface area contributed by atoms with Crippen LogP contribution in [0.1, 0.15) is 36.9 Å². The monoisotopic (exact) mass is 197 g/mol. The van der Waals surface area contributed by atoms with Gasteiger partial charge in [0, 0.05) is 17.6 Å². The summed E-state index contributed by atoms with van der Waals surface area (Å²) in [5, 5.41) is 12.0. The van der Waals surface area contributed by atoms with E-state index in [0.29, 0.717) is 12.1 Å². The van der Waals surface area contributed by atoms with Crippen molar-refractivity contribution in [3.05, 3.63) is 23.7 Å². The average molecular weight is 197 g/mol. The van der Waals surface area contributed by atoms with E-state index in [-0.39, 0.29) is 11.3 Å². The van der Waals surface area contributed by atoms with Crippen LogP contribution in [0.15, 0.2) is 16.7 Å². The van der Waals surface area contributed by atoms with Gasteiger partial charge in [-0.2, -0.15) is 0 Å². The third-order valence-corrected chi connectivity index (χ3v) is 1.75. The summed E-state index contributed by atoms with van der Waals surface area (Å²) < 4.78 is 4.85. The molecule has 0 radical (unpaired) electrons. The molecule has 0 unspecified atom stereocenters. The SMILES string of the molecule is CC(C)(C)NCc1ccoc1C(=O)O. The van der Waals surface area contributed by atoms with Gasteiger partial charge in [0.2, 0.25) is 5.76 Å². The summed E-state index contributed by atoms with van der Waals surface area (Å²) in [6.07, 6.45) is 1.39. The zero-order valence-electron chi connectivity index (χ0n) is 8.63. The van der Waals surface area contributed by atoms with Gasteiger partial charge in [-0.1, -0.05) is 0 Å². The second kappa shape index (κ2) is 3.84. The van der Waals surface area contributed by atoms with E-state index in [4.69, 9.17) is 9.52 Å². The first-order valence-corrected chi connectivity index (χ1v) is 4.45. The summed E-state index contributed by atoms with van der Waals surface area (Å²) in [5.74, 6) is -1.01. The normalized spacial score (nSPS) is 11.6. The van der Waals surface area contributed by atoms with Crippen molar-refractivity contribution in [3.8, 4) is 0 Å². The van der Waals surface area contributed by atoms with Gasteiger partial charge in [0.1, 0.15) is 0 Å². The number of carbonyl (C=O) groups is 1. The van der Waals surface area contributed by atoms with Gasteiger partial charge in [-0.15, -0.1) is 0 Å². The largest absolute Gasteiger partial charge is 0.475 e. The molecule has 0 amide bonds. The first kappa shape index (κ1) is 10.8. The Hall–Kier alpha value is -1.29. The minimum atomic E-state index is -1.03. The number of carboxylic acid groups (broad SMARTS) is 1. The maximum absolute atomic E-state index is 10.7. The molecule has 1 aromatic heterocycles. The zero-order chi connectivity index (χ0) is 10.8. The molecular formula is C10H15NO3. The van der Waals surface area contributed by atoms with Crippen LogP contribution in [0.2, 0.25) is 0 Å². The van der Waals surface area contributed by atoms with Crippen molar-refractivity contribution < 1.29 is 14.3 Å². The smallest absolute Gasteiger partial charge is 0.372 e.